The molecule has 4 nitrogen and oxygen atoms in total. The monoisotopic (exact) mass is 370 g/mol. The summed E-state index contributed by atoms with van der Waals surface area (Å²) in [7, 11) is 2.13. The van der Waals surface area contributed by atoms with Gasteiger partial charge in [0.15, 0.2) is 5.96 Å². The van der Waals surface area contributed by atoms with Crippen LogP contribution >= 0.6 is 24.0 Å². The zero-order chi connectivity index (χ0) is 13.1. The van der Waals surface area contributed by atoms with Crippen LogP contribution in [-0.4, -0.2) is 50.6 Å². The predicted molar refractivity (Wildman–Crippen MR) is 92.0 cm³/mol. The maximum absolute atomic E-state index is 4.55. The summed E-state index contributed by atoms with van der Waals surface area (Å²) in [6.07, 6.45) is 1.14. The van der Waals surface area contributed by atoms with Crippen molar-refractivity contribution in [2.75, 3.05) is 39.8 Å². The van der Waals surface area contributed by atoms with Gasteiger partial charge in [0.2, 0.25) is 0 Å². The zero-order valence-corrected chi connectivity index (χ0v) is 15.0. The number of nitrogens with zero attached hydrogens (tertiary/aromatic N) is 2. The molecule has 110 valence electrons. The number of nitrogens with one attached hydrogen (secondary N) is 2. The molecule has 0 rings (SSSR count). The van der Waals surface area contributed by atoms with E-state index in [9.17, 15) is 0 Å². The van der Waals surface area contributed by atoms with Gasteiger partial charge >= 0.3 is 0 Å². The lowest BCUT2D eigenvalue weighted by Gasteiger charge is -2.16. The molecule has 0 saturated carbocycles. The summed E-state index contributed by atoms with van der Waals surface area (Å²) in [6, 6.07) is 0. The van der Waals surface area contributed by atoms with Crippen LogP contribution < -0.4 is 10.6 Å². The highest BCUT2D eigenvalue weighted by molar-refractivity contribution is 14.0. The third kappa shape index (κ3) is 12.4. The molecule has 0 saturated heterocycles. The number of hydrogen-bond donors (Lipinski definition) is 2. The molecule has 0 aliphatic carbocycles. The van der Waals surface area contributed by atoms with E-state index in [-0.39, 0.29) is 24.0 Å². The molecule has 0 aliphatic rings. The van der Waals surface area contributed by atoms with Crippen molar-refractivity contribution in [3.63, 3.8) is 0 Å². The van der Waals surface area contributed by atoms with Gasteiger partial charge in [-0.05, 0) is 32.9 Å². The number of hydrogen-bond acceptors (Lipinski definition) is 2. The standard InChI is InChI=1S/C13H30N4.HI/c1-6-14-13(15-9-8-12(3)4)16-10-11-17(5)7-2;/h12H,6-11H2,1-5H3,(H2,14,15,16);1H. The first-order valence-electron chi connectivity index (χ1n) is 6.80. The van der Waals surface area contributed by atoms with Gasteiger partial charge in [0.1, 0.15) is 0 Å². The van der Waals surface area contributed by atoms with Crippen molar-refractivity contribution >= 4 is 29.9 Å². The van der Waals surface area contributed by atoms with Gasteiger partial charge in [-0.25, -0.2) is 0 Å². The van der Waals surface area contributed by atoms with Gasteiger partial charge in [-0.2, -0.15) is 0 Å². The lowest BCUT2D eigenvalue weighted by molar-refractivity contribution is 0.357. The molecule has 0 aliphatic heterocycles. The quantitative estimate of drug-likeness (QED) is 0.391. The molecule has 2 N–H and O–H groups in total. The number of rotatable bonds is 8. The first-order valence-corrected chi connectivity index (χ1v) is 6.80. The van der Waals surface area contributed by atoms with E-state index in [2.05, 4.69) is 55.3 Å². The normalized spacial score (nSPS) is 11.6. The second-order valence-electron chi connectivity index (χ2n) is 4.77. The molecule has 0 bridgehead atoms. The smallest absolute Gasteiger partial charge is 0.191 e. The van der Waals surface area contributed by atoms with E-state index < -0.39 is 0 Å². The van der Waals surface area contributed by atoms with Gasteiger partial charge < -0.3 is 15.5 Å². The van der Waals surface area contributed by atoms with Gasteiger partial charge in [0.05, 0.1) is 0 Å². The lowest BCUT2D eigenvalue weighted by atomic mass is 10.1. The van der Waals surface area contributed by atoms with E-state index in [4.69, 9.17) is 0 Å². The van der Waals surface area contributed by atoms with Crippen molar-refractivity contribution in [3.05, 3.63) is 0 Å². The Morgan fingerprint density at radius 2 is 1.89 bits per heavy atom. The molecule has 0 radical (unpaired) electrons. The third-order valence-electron chi connectivity index (χ3n) is 2.65. The maximum atomic E-state index is 4.55. The minimum absolute atomic E-state index is 0. The first kappa shape index (κ1) is 20.3. The largest absolute Gasteiger partial charge is 0.357 e. The number of guanidine groups is 1. The Balaban J connectivity index is 0. The fourth-order valence-electron chi connectivity index (χ4n) is 1.30. The van der Waals surface area contributed by atoms with Crippen molar-refractivity contribution < 1.29 is 0 Å². The van der Waals surface area contributed by atoms with Gasteiger partial charge in [-0.3, -0.25) is 4.99 Å². The van der Waals surface area contributed by atoms with E-state index in [0.717, 1.165) is 45.1 Å². The van der Waals surface area contributed by atoms with Crippen LogP contribution in [0.4, 0.5) is 0 Å². The van der Waals surface area contributed by atoms with Gasteiger partial charge in [-0.1, -0.05) is 20.8 Å². The second kappa shape index (κ2) is 13.4. The maximum Gasteiger partial charge on any atom is 0.191 e. The first-order chi connectivity index (χ1) is 8.10. The summed E-state index contributed by atoms with van der Waals surface area (Å²) >= 11 is 0. The fourth-order valence-corrected chi connectivity index (χ4v) is 1.30. The van der Waals surface area contributed by atoms with Crippen LogP contribution in [0.15, 0.2) is 4.99 Å². The SMILES string of the molecule is CCNC(=NCCC(C)C)NCCN(C)CC.I. The molecular weight excluding hydrogens is 339 g/mol. The van der Waals surface area contributed by atoms with E-state index in [1.165, 1.54) is 0 Å². The molecule has 0 atom stereocenters. The minimum atomic E-state index is 0. The summed E-state index contributed by atoms with van der Waals surface area (Å²) < 4.78 is 0. The Morgan fingerprint density at radius 3 is 2.39 bits per heavy atom. The minimum Gasteiger partial charge on any atom is -0.357 e. The molecule has 0 aromatic heterocycles. The van der Waals surface area contributed by atoms with Crippen molar-refractivity contribution in [3.8, 4) is 0 Å². The Hall–Kier alpha value is -0.0400. The van der Waals surface area contributed by atoms with Crippen LogP contribution in [0.3, 0.4) is 0 Å². The predicted octanol–water partition coefficient (Wildman–Crippen LogP) is 2.16. The highest BCUT2D eigenvalue weighted by Crippen LogP contribution is 1.98. The molecule has 0 unspecified atom stereocenters. The molecule has 0 heterocycles. The number of likely N-dealkylation sites (N-methyl/N-ethyl adjacent to an activating group) is 1. The number of halogens is 1. The van der Waals surface area contributed by atoms with Crippen molar-refractivity contribution in [1.82, 2.24) is 15.5 Å². The van der Waals surface area contributed by atoms with E-state index >= 15 is 0 Å². The number of aliphatic imine (C=N–C) groups is 1. The zero-order valence-electron chi connectivity index (χ0n) is 12.6. The van der Waals surface area contributed by atoms with Crippen LogP contribution in [0.5, 0.6) is 0 Å². The van der Waals surface area contributed by atoms with Gasteiger partial charge in [0.25, 0.3) is 0 Å². The summed E-state index contributed by atoms with van der Waals surface area (Å²) in [6.45, 7) is 13.6. The Morgan fingerprint density at radius 1 is 1.22 bits per heavy atom. The molecule has 0 aromatic rings. The highest BCUT2D eigenvalue weighted by atomic mass is 127. The van der Waals surface area contributed by atoms with Crippen LogP contribution in [0.2, 0.25) is 0 Å². The second-order valence-corrected chi connectivity index (χ2v) is 4.77. The highest BCUT2D eigenvalue weighted by Gasteiger charge is 1.99. The third-order valence-corrected chi connectivity index (χ3v) is 2.65. The Labute approximate surface area is 130 Å². The van der Waals surface area contributed by atoms with E-state index in [1.54, 1.807) is 0 Å². The van der Waals surface area contributed by atoms with E-state index in [1.807, 2.05) is 0 Å². The fraction of sp³-hybridized carbons (Fsp3) is 0.923. The van der Waals surface area contributed by atoms with Crippen molar-refractivity contribution in [2.45, 2.75) is 34.1 Å². The van der Waals surface area contributed by atoms with Crippen LogP contribution in [-0.2, 0) is 0 Å². The van der Waals surface area contributed by atoms with Gasteiger partial charge in [-0.15, -0.1) is 24.0 Å². The molecule has 0 fully saturated rings. The van der Waals surface area contributed by atoms with Crippen molar-refractivity contribution in [2.24, 2.45) is 10.9 Å². The Bertz CT molecular complexity index is 207. The average Bonchev–Trinajstić information content (AvgIpc) is 2.28. The molecular formula is C13H31IN4. The van der Waals surface area contributed by atoms with Gasteiger partial charge in [0, 0.05) is 26.2 Å². The Kier molecular flexibility index (Phi) is 15.1. The van der Waals surface area contributed by atoms with Crippen molar-refractivity contribution in [1.29, 1.82) is 0 Å². The van der Waals surface area contributed by atoms with Crippen LogP contribution in [0, 0.1) is 5.92 Å². The summed E-state index contributed by atoms with van der Waals surface area (Å²) in [5.74, 6) is 1.66. The molecule has 0 amide bonds. The summed E-state index contributed by atoms with van der Waals surface area (Å²) in [4.78, 5) is 6.83. The molecule has 0 spiro atoms. The topological polar surface area (TPSA) is 39.7 Å². The molecule has 18 heavy (non-hydrogen) atoms. The molecule has 5 heteroatoms. The van der Waals surface area contributed by atoms with E-state index in [0.29, 0.717) is 5.92 Å². The lowest BCUT2D eigenvalue weighted by Crippen LogP contribution is -2.41. The van der Waals surface area contributed by atoms with Crippen LogP contribution in [0.25, 0.3) is 0 Å². The molecule has 0 aromatic carbocycles. The summed E-state index contributed by atoms with van der Waals surface area (Å²) in [5, 5.41) is 6.63. The average molecular weight is 370 g/mol. The summed E-state index contributed by atoms with van der Waals surface area (Å²) in [5.41, 5.74) is 0. The van der Waals surface area contributed by atoms with Crippen LogP contribution in [0.1, 0.15) is 34.1 Å².